The van der Waals surface area contributed by atoms with Gasteiger partial charge in [-0.1, -0.05) is 29.8 Å². The summed E-state index contributed by atoms with van der Waals surface area (Å²) in [5.41, 5.74) is 3.83. The van der Waals surface area contributed by atoms with E-state index in [0.717, 1.165) is 42.5 Å². The van der Waals surface area contributed by atoms with Crippen LogP contribution in [-0.2, 0) is 20.7 Å². The number of benzene rings is 1. The average Bonchev–Trinajstić information content (AvgIpc) is 3.07. The lowest BCUT2D eigenvalue weighted by Gasteiger charge is -2.44. The van der Waals surface area contributed by atoms with E-state index in [4.69, 9.17) is 9.47 Å². The minimum atomic E-state index is -0.582. The zero-order chi connectivity index (χ0) is 22.3. The van der Waals surface area contributed by atoms with E-state index in [1.807, 2.05) is 45.9 Å². The molecule has 0 radical (unpaired) electrons. The van der Waals surface area contributed by atoms with Gasteiger partial charge in [-0.2, -0.15) is 0 Å². The molecule has 0 amide bonds. The van der Waals surface area contributed by atoms with E-state index >= 15 is 0 Å². The van der Waals surface area contributed by atoms with Gasteiger partial charge >= 0.3 is 12.1 Å². The molecule has 166 valence electrons. The monoisotopic (exact) mass is 424 g/mol. The van der Waals surface area contributed by atoms with Crippen molar-refractivity contribution in [3.8, 4) is 0 Å². The number of piperidine rings is 1. The molecule has 0 bridgehead atoms. The van der Waals surface area contributed by atoms with E-state index in [1.54, 1.807) is 4.57 Å². The first-order valence-electron chi connectivity index (χ1n) is 11.0. The minimum absolute atomic E-state index is 0.0574. The number of carbonyl (C=O) groups is 2. The predicted octanol–water partition coefficient (Wildman–Crippen LogP) is 4.85. The first-order valence-corrected chi connectivity index (χ1v) is 11.0. The highest BCUT2D eigenvalue weighted by Crippen LogP contribution is 2.45. The molecular formula is C25H32N2O4. The first kappa shape index (κ1) is 21.6. The van der Waals surface area contributed by atoms with Crippen LogP contribution in [0.3, 0.4) is 0 Å². The van der Waals surface area contributed by atoms with E-state index in [1.165, 1.54) is 18.2 Å². The van der Waals surface area contributed by atoms with Crippen LogP contribution in [0, 0.1) is 5.92 Å². The van der Waals surface area contributed by atoms with Gasteiger partial charge in [-0.15, -0.1) is 0 Å². The van der Waals surface area contributed by atoms with Crippen LogP contribution in [0.15, 0.2) is 35.9 Å². The fourth-order valence-electron chi connectivity index (χ4n) is 5.09. The number of nitrogens with zero attached hydrogens (tertiary/aromatic N) is 2. The summed E-state index contributed by atoms with van der Waals surface area (Å²) in [4.78, 5) is 27.9. The van der Waals surface area contributed by atoms with Gasteiger partial charge in [0.05, 0.1) is 30.8 Å². The zero-order valence-corrected chi connectivity index (χ0v) is 19.1. The molecule has 0 N–H and O–H groups in total. The average molecular weight is 425 g/mol. The number of carbonyl (C=O) groups excluding carboxylic acids is 2. The van der Waals surface area contributed by atoms with Crippen molar-refractivity contribution in [2.75, 3.05) is 20.2 Å². The number of allylic oxidation sites excluding steroid dienone is 1. The normalized spacial score (nSPS) is 22.8. The summed E-state index contributed by atoms with van der Waals surface area (Å²) in [6, 6.07) is 8.13. The topological polar surface area (TPSA) is 60.8 Å². The lowest BCUT2D eigenvalue weighted by atomic mass is 9.80. The van der Waals surface area contributed by atoms with E-state index in [2.05, 4.69) is 17.0 Å². The second-order valence-electron chi connectivity index (χ2n) is 9.51. The van der Waals surface area contributed by atoms with Crippen LogP contribution < -0.4 is 0 Å². The van der Waals surface area contributed by atoms with Crippen molar-refractivity contribution in [2.45, 2.75) is 58.6 Å². The van der Waals surface area contributed by atoms with Crippen LogP contribution in [0.1, 0.15) is 57.8 Å². The third kappa shape index (κ3) is 4.01. The number of esters is 1. The molecule has 6 nitrogen and oxygen atoms in total. The van der Waals surface area contributed by atoms with E-state index in [-0.39, 0.29) is 24.0 Å². The number of aromatic nitrogens is 1. The third-order valence-corrected chi connectivity index (χ3v) is 6.43. The van der Waals surface area contributed by atoms with Gasteiger partial charge in [-0.25, -0.2) is 9.36 Å². The summed E-state index contributed by atoms with van der Waals surface area (Å²) in [5, 5.41) is 1.12. The van der Waals surface area contributed by atoms with Crippen LogP contribution in [0.25, 0.3) is 10.9 Å². The van der Waals surface area contributed by atoms with Crippen molar-refractivity contribution in [2.24, 2.45) is 5.92 Å². The highest BCUT2D eigenvalue weighted by molar-refractivity contribution is 5.94. The van der Waals surface area contributed by atoms with Crippen molar-refractivity contribution >= 4 is 23.0 Å². The molecule has 0 spiro atoms. The molecule has 6 heteroatoms. The Balaban J connectivity index is 1.82. The molecule has 31 heavy (non-hydrogen) atoms. The van der Waals surface area contributed by atoms with E-state index in [0.29, 0.717) is 6.42 Å². The Bertz CT molecular complexity index is 1040. The summed E-state index contributed by atoms with van der Waals surface area (Å²) < 4.78 is 12.5. The molecular weight excluding hydrogens is 392 g/mol. The van der Waals surface area contributed by atoms with Gasteiger partial charge in [-0.3, -0.25) is 9.69 Å². The molecule has 3 heterocycles. The quantitative estimate of drug-likeness (QED) is 0.509. The molecule has 2 aliphatic heterocycles. The third-order valence-electron chi connectivity index (χ3n) is 6.43. The Hall–Kier alpha value is -2.60. The van der Waals surface area contributed by atoms with Crippen molar-refractivity contribution < 1.29 is 19.1 Å². The standard InChI is InChI=1S/C25H32N2O4/c1-6-16-15-26-12-11-19-18-9-7-8-10-20(18)27(24(29)31-25(2,3)4)23(19)21(26)13-17(16)14-22(28)30-5/h6-10,17,21H,11-15H2,1-5H3/b16-6+/t17-,21-/m0/s1. The molecule has 1 saturated heterocycles. The molecule has 4 rings (SSSR count). The maximum Gasteiger partial charge on any atom is 0.419 e. The molecule has 2 atom stereocenters. The van der Waals surface area contributed by atoms with Gasteiger partial charge in [0.2, 0.25) is 0 Å². The number of hydrogen-bond acceptors (Lipinski definition) is 5. The Labute approximate surface area is 183 Å². The molecule has 1 aromatic heterocycles. The Morgan fingerprint density at radius 2 is 1.97 bits per heavy atom. The van der Waals surface area contributed by atoms with Crippen LogP contribution >= 0.6 is 0 Å². The Kier molecular flexibility index (Phi) is 5.69. The highest BCUT2D eigenvalue weighted by Gasteiger charge is 2.41. The van der Waals surface area contributed by atoms with Crippen LogP contribution in [0.2, 0.25) is 0 Å². The molecule has 2 aromatic rings. The van der Waals surface area contributed by atoms with Gasteiger partial charge in [-0.05, 0) is 58.1 Å². The number of hydrogen-bond donors (Lipinski definition) is 0. The number of rotatable bonds is 2. The molecule has 0 saturated carbocycles. The zero-order valence-electron chi connectivity index (χ0n) is 19.1. The second kappa shape index (κ2) is 8.15. The van der Waals surface area contributed by atoms with Gasteiger partial charge in [0, 0.05) is 18.5 Å². The van der Waals surface area contributed by atoms with Gasteiger partial charge < -0.3 is 9.47 Å². The lowest BCUT2D eigenvalue weighted by Crippen LogP contribution is -2.44. The summed E-state index contributed by atoms with van der Waals surface area (Å²) in [7, 11) is 1.44. The van der Waals surface area contributed by atoms with Gasteiger partial charge in [0.1, 0.15) is 5.60 Å². The minimum Gasteiger partial charge on any atom is -0.469 e. The molecule has 0 unspecified atom stereocenters. The molecule has 1 fully saturated rings. The van der Waals surface area contributed by atoms with E-state index < -0.39 is 5.60 Å². The largest absolute Gasteiger partial charge is 0.469 e. The predicted molar refractivity (Wildman–Crippen MR) is 120 cm³/mol. The highest BCUT2D eigenvalue weighted by atomic mass is 16.6. The van der Waals surface area contributed by atoms with E-state index in [9.17, 15) is 9.59 Å². The van der Waals surface area contributed by atoms with Crippen LogP contribution in [0.5, 0.6) is 0 Å². The van der Waals surface area contributed by atoms with Crippen LogP contribution in [0.4, 0.5) is 4.79 Å². The fourth-order valence-corrected chi connectivity index (χ4v) is 5.09. The van der Waals surface area contributed by atoms with Crippen molar-refractivity contribution in [1.82, 2.24) is 9.47 Å². The second-order valence-corrected chi connectivity index (χ2v) is 9.51. The molecule has 2 aliphatic rings. The Morgan fingerprint density at radius 3 is 2.65 bits per heavy atom. The van der Waals surface area contributed by atoms with Gasteiger partial charge in [0.15, 0.2) is 0 Å². The lowest BCUT2D eigenvalue weighted by molar-refractivity contribution is -0.141. The Morgan fingerprint density at radius 1 is 1.23 bits per heavy atom. The smallest absolute Gasteiger partial charge is 0.419 e. The number of methoxy groups -OCH3 is 1. The SMILES string of the molecule is C/C=C1\CN2CCc3c(n(C(=O)OC(C)(C)C)c4ccccc34)[C@@H]2C[C@H]1CC(=O)OC. The van der Waals surface area contributed by atoms with Crippen molar-refractivity contribution in [3.05, 3.63) is 47.2 Å². The van der Waals surface area contributed by atoms with Crippen LogP contribution in [-0.4, -0.2) is 47.3 Å². The molecule has 1 aromatic carbocycles. The van der Waals surface area contributed by atoms with Crippen molar-refractivity contribution in [3.63, 3.8) is 0 Å². The number of ether oxygens (including phenoxy) is 2. The number of fused-ring (bicyclic) bond motifs is 5. The maximum absolute atomic E-state index is 13.3. The summed E-state index contributed by atoms with van der Waals surface area (Å²) in [5.74, 6) is -0.0868. The number of para-hydroxylation sites is 1. The summed E-state index contributed by atoms with van der Waals surface area (Å²) in [6.45, 7) is 9.44. The first-order chi connectivity index (χ1) is 14.7. The maximum atomic E-state index is 13.3. The summed E-state index contributed by atoms with van der Waals surface area (Å²) in [6.07, 6.45) is 3.82. The van der Waals surface area contributed by atoms with Gasteiger partial charge in [0.25, 0.3) is 0 Å². The summed E-state index contributed by atoms with van der Waals surface area (Å²) >= 11 is 0. The fraction of sp³-hybridized carbons (Fsp3) is 0.520. The molecule has 0 aliphatic carbocycles. The van der Waals surface area contributed by atoms with Crippen molar-refractivity contribution in [1.29, 1.82) is 0 Å².